The number of nitrogens with one attached hydrogen (secondary N) is 1. The van der Waals surface area contributed by atoms with E-state index < -0.39 is 0 Å². The Hall–Kier alpha value is -1.35. The van der Waals surface area contributed by atoms with Crippen LogP contribution in [0.2, 0.25) is 0 Å². The zero-order chi connectivity index (χ0) is 14.7. The largest absolute Gasteiger partial charge is 0.350 e. The first-order valence-electron chi connectivity index (χ1n) is 8.41. The summed E-state index contributed by atoms with van der Waals surface area (Å²) in [4.78, 5) is 7.32. The summed E-state index contributed by atoms with van der Waals surface area (Å²) >= 11 is 0. The predicted molar refractivity (Wildman–Crippen MR) is 88.7 cm³/mol. The molecule has 1 aromatic rings. The molecule has 0 unspecified atom stereocenters. The summed E-state index contributed by atoms with van der Waals surface area (Å²) in [7, 11) is 0. The smallest absolute Gasteiger partial charge is 0.129 e. The summed E-state index contributed by atoms with van der Waals surface area (Å²) < 4.78 is 0. The Morgan fingerprint density at radius 2 is 2.14 bits per heavy atom. The molecule has 3 heteroatoms. The van der Waals surface area contributed by atoms with Crippen molar-refractivity contribution in [3.8, 4) is 0 Å². The molecule has 2 aliphatic rings. The molecule has 1 aromatic heterocycles. The van der Waals surface area contributed by atoms with Gasteiger partial charge in [-0.3, -0.25) is 0 Å². The fourth-order valence-corrected chi connectivity index (χ4v) is 2.77. The molecule has 2 aliphatic carbocycles. The van der Waals surface area contributed by atoms with Crippen molar-refractivity contribution in [1.29, 1.82) is 0 Å². The number of hydrogen-bond acceptors (Lipinski definition) is 3. The number of aromatic nitrogens is 1. The first kappa shape index (κ1) is 14.6. The molecule has 0 saturated heterocycles. The fourth-order valence-electron chi connectivity index (χ4n) is 2.77. The molecule has 2 fully saturated rings. The van der Waals surface area contributed by atoms with E-state index in [-0.39, 0.29) is 0 Å². The minimum absolute atomic E-state index is 0.677. The lowest BCUT2D eigenvalue weighted by molar-refractivity contribution is 0.684. The van der Waals surface area contributed by atoms with Crippen LogP contribution in [0.5, 0.6) is 0 Å². The lowest BCUT2D eigenvalue weighted by Gasteiger charge is -2.23. The van der Waals surface area contributed by atoms with Gasteiger partial charge in [0.05, 0.1) is 0 Å². The predicted octanol–water partition coefficient (Wildman–Crippen LogP) is 3.44. The van der Waals surface area contributed by atoms with Crippen molar-refractivity contribution in [2.75, 3.05) is 11.4 Å². The van der Waals surface area contributed by atoms with E-state index in [9.17, 15) is 0 Å². The number of hydrogen-bond donors (Lipinski definition) is 1. The molecule has 2 saturated carbocycles. The zero-order valence-electron chi connectivity index (χ0n) is 13.1. The van der Waals surface area contributed by atoms with Crippen LogP contribution < -0.4 is 10.2 Å². The maximum atomic E-state index is 4.90. The van der Waals surface area contributed by atoms with Crippen LogP contribution in [0.1, 0.15) is 50.3 Å². The van der Waals surface area contributed by atoms with E-state index in [0.717, 1.165) is 37.8 Å². The Morgan fingerprint density at radius 1 is 1.33 bits per heavy atom. The first-order chi connectivity index (χ1) is 10.3. The van der Waals surface area contributed by atoms with Crippen LogP contribution in [-0.2, 0) is 13.0 Å². The summed E-state index contributed by atoms with van der Waals surface area (Å²) in [6.45, 7) is 8.01. The van der Waals surface area contributed by atoms with Crippen molar-refractivity contribution < 1.29 is 0 Å². The van der Waals surface area contributed by atoms with E-state index >= 15 is 0 Å². The molecule has 0 atom stereocenters. The maximum Gasteiger partial charge on any atom is 0.129 e. The molecule has 3 nitrogen and oxygen atoms in total. The van der Waals surface area contributed by atoms with E-state index in [1.54, 1.807) is 0 Å². The topological polar surface area (TPSA) is 28.2 Å². The molecule has 0 aromatic carbocycles. The molecule has 0 amide bonds. The molecule has 21 heavy (non-hydrogen) atoms. The van der Waals surface area contributed by atoms with E-state index in [1.165, 1.54) is 36.9 Å². The molecule has 0 spiro atoms. The van der Waals surface area contributed by atoms with E-state index in [4.69, 9.17) is 4.98 Å². The highest BCUT2D eigenvalue weighted by Gasteiger charge is 2.29. The maximum absolute atomic E-state index is 4.90. The Bertz CT molecular complexity index is 489. The second kappa shape index (κ2) is 6.61. The lowest BCUT2D eigenvalue weighted by Crippen LogP contribution is -2.27. The summed E-state index contributed by atoms with van der Waals surface area (Å²) in [5.41, 5.74) is 2.61. The van der Waals surface area contributed by atoms with Crippen LogP contribution >= 0.6 is 0 Å². The molecule has 114 valence electrons. The molecular weight excluding hydrogens is 258 g/mol. The number of aryl methyl sites for hydroxylation is 1. The molecule has 1 heterocycles. The highest BCUT2D eigenvalue weighted by molar-refractivity contribution is 5.46. The highest BCUT2D eigenvalue weighted by Crippen LogP contribution is 2.31. The molecular formula is C18H27N3. The van der Waals surface area contributed by atoms with Gasteiger partial charge in [-0.2, -0.15) is 0 Å². The third-order valence-corrected chi connectivity index (χ3v) is 4.21. The minimum atomic E-state index is 0.677. The van der Waals surface area contributed by atoms with Crippen molar-refractivity contribution in [1.82, 2.24) is 10.3 Å². The van der Waals surface area contributed by atoms with Gasteiger partial charge in [-0.25, -0.2) is 4.98 Å². The number of pyridine rings is 1. The SMILES string of the molecule is C=CCN(c1cc(CNC2CC2)cc(CCC)n1)C1CC1. The Balaban J connectivity index is 1.79. The van der Waals surface area contributed by atoms with Gasteiger partial charge >= 0.3 is 0 Å². The van der Waals surface area contributed by atoms with E-state index in [0.29, 0.717) is 6.04 Å². The summed E-state index contributed by atoms with van der Waals surface area (Å²) in [6.07, 6.45) is 9.48. The van der Waals surface area contributed by atoms with Gasteiger partial charge < -0.3 is 10.2 Å². The average molecular weight is 285 g/mol. The monoisotopic (exact) mass is 285 g/mol. The molecule has 0 radical (unpaired) electrons. The average Bonchev–Trinajstić information content (AvgIpc) is 3.37. The second-order valence-corrected chi connectivity index (χ2v) is 6.40. The van der Waals surface area contributed by atoms with E-state index in [2.05, 4.69) is 35.9 Å². The van der Waals surface area contributed by atoms with Gasteiger partial charge in [-0.1, -0.05) is 19.4 Å². The highest BCUT2D eigenvalue weighted by atomic mass is 15.2. The second-order valence-electron chi connectivity index (χ2n) is 6.40. The van der Waals surface area contributed by atoms with Crippen LogP contribution in [0, 0.1) is 0 Å². The van der Waals surface area contributed by atoms with Crippen LogP contribution in [0.3, 0.4) is 0 Å². The van der Waals surface area contributed by atoms with Gasteiger partial charge in [0.15, 0.2) is 0 Å². The van der Waals surface area contributed by atoms with Crippen LogP contribution in [0.15, 0.2) is 24.8 Å². The fraction of sp³-hybridized carbons (Fsp3) is 0.611. The van der Waals surface area contributed by atoms with Gasteiger partial charge in [0.25, 0.3) is 0 Å². The van der Waals surface area contributed by atoms with Gasteiger partial charge in [0, 0.05) is 30.9 Å². The van der Waals surface area contributed by atoms with Gasteiger partial charge in [0.1, 0.15) is 5.82 Å². The van der Waals surface area contributed by atoms with Crippen molar-refractivity contribution in [2.24, 2.45) is 0 Å². The van der Waals surface area contributed by atoms with Crippen LogP contribution in [0.25, 0.3) is 0 Å². The van der Waals surface area contributed by atoms with Crippen molar-refractivity contribution in [2.45, 2.75) is 64.1 Å². The molecule has 0 aliphatic heterocycles. The van der Waals surface area contributed by atoms with Gasteiger partial charge in [-0.05, 0) is 49.8 Å². The normalized spacial score (nSPS) is 17.8. The van der Waals surface area contributed by atoms with Gasteiger partial charge in [0.2, 0.25) is 0 Å². The summed E-state index contributed by atoms with van der Waals surface area (Å²) in [6, 6.07) is 5.98. The van der Waals surface area contributed by atoms with Crippen molar-refractivity contribution >= 4 is 5.82 Å². The quantitative estimate of drug-likeness (QED) is 0.704. The molecule has 3 rings (SSSR count). The number of rotatable bonds is 9. The zero-order valence-corrected chi connectivity index (χ0v) is 13.1. The minimum Gasteiger partial charge on any atom is -0.350 e. The molecule has 1 N–H and O–H groups in total. The number of anilines is 1. The Morgan fingerprint density at radius 3 is 2.76 bits per heavy atom. The standard InChI is InChI=1S/C18H27N3/c1-3-5-16-11-14(13-19-15-6-7-15)12-18(20-16)21(10-4-2)17-8-9-17/h4,11-12,15,17,19H,2-3,5-10,13H2,1H3. The first-order valence-corrected chi connectivity index (χ1v) is 8.41. The third kappa shape index (κ3) is 4.07. The third-order valence-electron chi connectivity index (χ3n) is 4.21. The lowest BCUT2D eigenvalue weighted by atomic mass is 10.1. The van der Waals surface area contributed by atoms with Crippen molar-refractivity contribution in [3.05, 3.63) is 36.0 Å². The molecule has 0 bridgehead atoms. The van der Waals surface area contributed by atoms with Crippen LogP contribution in [-0.4, -0.2) is 23.6 Å². The summed E-state index contributed by atoms with van der Waals surface area (Å²) in [5, 5.41) is 3.62. The Labute approximate surface area is 128 Å². The summed E-state index contributed by atoms with van der Waals surface area (Å²) in [5.74, 6) is 1.15. The Kier molecular flexibility index (Phi) is 4.59. The van der Waals surface area contributed by atoms with Crippen LogP contribution in [0.4, 0.5) is 5.82 Å². The van der Waals surface area contributed by atoms with E-state index in [1.807, 2.05) is 6.08 Å². The number of nitrogens with zero attached hydrogens (tertiary/aromatic N) is 2. The van der Waals surface area contributed by atoms with Gasteiger partial charge in [-0.15, -0.1) is 6.58 Å². The van der Waals surface area contributed by atoms with Crippen molar-refractivity contribution in [3.63, 3.8) is 0 Å².